The zero-order valence-electron chi connectivity index (χ0n) is 5.15. The molecule has 0 aliphatic rings. The van der Waals surface area contributed by atoms with Crippen molar-refractivity contribution in [3.05, 3.63) is 0 Å². The van der Waals surface area contributed by atoms with Crippen LogP contribution in [0.1, 0.15) is 13.3 Å². The molecule has 0 bridgehead atoms. The number of hydrogen-bond acceptors (Lipinski definition) is 2. The van der Waals surface area contributed by atoms with E-state index >= 15 is 0 Å². The lowest BCUT2D eigenvalue weighted by Gasteiger charge is -2.19. The van der Waals surface area contributed by atoms with Crippen LogP contribution in [0, 0.1) is 0 Å². The van der Waals surface area contributed by atoms with Gasteiger partial charge < -0.3 is 11.5 Å². The zero-order chi connectivity index (χ0) is 6.62. The fourth-order valence-electron chi connectivity index (χ4n) is 0.318. The van der Waals surface area contributed by atoms with Crippen molar-refractivity contribution in [3.63, 3.8) is 0 Å². The minimum atomic E-state index is -0.262. The van der Waals surface area contributed by atoms with Crippen LogP contribution >= 0.6 is 11.6 Å². The highest BCUT2D eigenvalue weighted by molar-refractivity contribution is 6.17. The lowest BCUT2D eigenvalue weighted by Crippen LogP contribution is -2.44. The molecule has 0 aliphatic carbocycles. The molecule has 50 valence electrons. The first-order chi connectivity index (χ1) is 3.62. The topological polar surface area (TPSA) is 52.0 Å². The molecule has 0 aromatic heterocycles. The maximum atomic E-state index is 5.62. The van der Waals surface area contributed by atoms with Crippen LogP contribution in [-0.4, -0.2) is 18.0 Å². The molecule has 3 heteroatoms. The molecule has 0 heterocycles. The molecule has 0 rings (SSSR count). The van der Waals surface area contributed by atoms with Crippen molar-refractivity contribution < 1.29 is 0 Å². The summed E-state index contributed by atoms with van der Waals surface area (Å²) in [7, 11) is 0. The van der Waals surface area contributed by atoms with Gasteiger partial charge in [-0.15, -0.1) is 11.6 Å². The highest BCUT2D eigenvalue weighted by Crippen LogP contribution is 2.02. The Bertz CT molecular complexity index is 63.4. The summed E-state index contributed by atoms with van der Waals surface area (Å²) in [5.41, 5.74) is 10.7. The van der Waals surface area contributed by atoms with Gasteiger partial charge in [0, 0.05) is 18.0 Å². The van der Waals surface area contributed by atoms with Gasteiger partial charge in [-0.1, -0.05) is 0 Å². The predicted molar refractivity (Wildman–Crippen MR) is 37.0 cm³/mol. The monoisotopic (exact) mass is 136 g/mol. The number of rotatable bonds is 3. The summed E-state index contributed by atoms with van der Waals surface area (Å²) >= 11 is 5.43. The highest BCUT2D eigenvalue weighted by Gasteiger charge is 2.13. The Kier molecular flexibility index (Phi) is 3.36. The average Bonchev–Trinajstić information content (AvgIpc) is 1.67. The normalized spacial score (nSPS) is 18.0. The molecule has 0 radical (unpaired) electrons. The van der Waals surface area contributed by atoms with Crippen LogP contribution in [0.4, 0.5) is 0 Å². The molecular weight excluding hydrogens is 124 g/mol. The molecule has 2 nitrogen and oxygen atoms in total. The molecule has 0 saturated heterocycles. The summed E-state index contributed by atoms with van der Waals surface area (Å²) in [5.74, 6) is 0.588. The first kappa shape index (κ1) is 8.21. The van der Waals surface area contributed by atoms with E-state index in [1.807, 2.05) is 6.92 Å². The van der Waals surface area contributed by atoms with E-state index in [4.69, 9.17) is 23.1 Å². The largest absolute Gasteiger partial charge is 0.329 e. The fourth-order valence-corrected chi connectivity index (χ4v) is 0.750. The van der Waals surface area contributed by atoms with E-state index in [2.05, 4.69) is 0 Å². The molecule has 0 aromatic carbocycles. The average molecular weight is 137 g/mol. The van der Waals surface area contributed by atoms with Crippen LogP contribution in [-0.2, 0) is 0 Å². The minimum absolute atomic E-state index is 0.262. The molecule has 1 atom stereocenters. The van der Waals surface area contributed by atoms with Crippen LogP contribution in [0.5, 0.6) is 0 Å². The van der Waals surface area contributed by atoms with Crippen LogP contribution in [0.3, 0.4) is 0 Å². The smallest absolute Gasteiger partial charge is 0.0261 e. The maximum Gasteiger partial charge on any atom is 0.0261 e. The summed E-state index contributed by atoms with van der Waals surface area (Å²) < 4.78 is 0. The second-order valence-corrected chi connectivity index (χ2v) is 2.68. The van der Waals surface area contributed by atoms with Gasteiger partial charge in [-0.25, -0.2) is 0 Å². The molecule has 0 spiro atoms. The van der Waals surface area contributed by atoms with Crippen molar-refractivity contribution in [2.75, 3.05) is 12.4 Å². The molecule has 0 aromatic rings. The third-order valence-corrected chi connectivity index (χ3v) is 1.32. The Balaban J connectivity index is 3.37. The Hall–Kier alpha value is 0.210. The van der Waals surface area contributed by atoms with Crippen molar-refractivity contribution in [1.29, 1.82) is 0 Å². The van der Waals surface area contributed by atoms with Gasteiger partial charge in [0.15, 0.2) is 0 Å². The van der Waals surface area contributed by atoms with E-state index in [-0.39, 0.29) is 5.54 Å². The van der Waals surface area contributed by atoms with Crippen LogP contribution in [0.2, 0.25) is 0 Å². The van der Waals surface area contributed by atoms with E-state index in [0.717, 1.165) is 6.42 Å². The lowest BCUT2D eigenvalue weighted by molar-refractivity contribution is 0.467. The Labute approximate surface area is 55.2 Å². The van der Waals surface area contributed by atoms with Gasteiger partial charge in [0.1, 0.15) is 0 Å². The van der Waals surface area contributed by atoms with E-state index in [0.29, 0.717) is 12.4 Å². The fraction of sp³-hybridized carbons (Fsp3) is 1.00. The van der Waals surface area contributed by atoms with Gasteiger partial charge in [-0.3, -0.25) is 0 Å². The van der Waals surface area contributed by atoms with E-state index in [1.165, 1.54) is 0 Å². The predicted octanol–water partition coefficient (Wildman–Crippen LogP) is 0.291. The van der Waals surface area contributed by atoms with Gasteiger partial charge >= 0.3 is 0 Å². The van der Waals surface area contributed by atoms with Crippen molar-refractivity contribution in [3.8, 4) is 0 Å². The van der Waals surface area contributed by atoms with Crippen LogP contribution < -0.4 is 11.5 Å². The molecule has 0 amide bonds. The second kappa shape index (κ2) is 3.28. The second-order valence-electron chi connectivity index (χ2n) is 2.30. The summed E-state index contributed by atoms with van der Waals surface area (Å²) in [6, 6.07) is 0. The summed E-state index contributed by atoms with van der Waals surface area (Å²) in [4.78, 5) is 0. The van der Waals surface area contributed by atoms with Gasteiger partial charge in [-0.05, 0) is 13.3 Å². The van der Waals surface area contributed by atoms with Crippen molar-refractivity contribution in [2.45, 2.75) is 18.9 Å². The van der Waals surface area contributed by atoms with Gasteiger partial charge in [-0.2, -0.15) is 0 Å². The minimum Gasteiger partial charge on any atom is -0.329 e. The van der Waals surface area contributed by atoms with Gasteiger partial charge in [0.2, 0.25) is 0 Å². The van der Waals surface area contributed by atoms with Crippen molar-refractivity contribution in [1.82, 2.24) is 0 Å². The molecular formula is C5H13ClN2. The standard InChI is InChI=1S/C5H13ClN2/c1-5(8,4-7)2-3-6/h2-4,7-8H2,1H3. The summed E-state index contributed by atoms with van der Waals surface area (Å²) in [6.07, 6.45) is 0.783. The third-order valence-electron chi connectivity index (χ3n) is 1.13. The molecule has 0 fully saturated rings. The van der Waals surface area contributed by atoms with E-state index < -0.39 is 0 Å². The Morgan fingerprint density at radius 1 is 1.62 bits per heavy atom. The Morgan fingerprint density at radius 2 is 2.12 bits per heavy atom. The van der Waals surface area contributed by atoms with E-state index in [1.54, 1.807) is 0 Å². The zero-order valence-corrected chi connectivity index (χ0v) is 5.91. The first-order valence-corrected chi connectivity index (χ1v) is 3.21. The molecule has 8 heavy (non-hydrogen) atoms. The molecule has 0 aliphatic heterocycles. The number of hydrogen-bond donors (Lipinski definition) is 2. The van der Waals surface area contributed by atoms with Crippen LogP contribution in [0.15, 0.2) is 0 Å². The first-order valence-electron chi connectivity index (χ1n) is 2.67. The number of halogens is 1. The van der Waals surface area contributed by atoms with Gasteiger partial charge in [0.05, 0.1) is 0 Å². The van der Waals surface area contributed by atoms with Crippen molar-refractivity contribution in [2.24, 2.45) is 11.5 Å². The van der Waals surface area contributed by atoms with Crippen LogP contribution in [0.25, 0.3) is 0 Å². The number of alkyl halides is 1. The maximum absolute atomic E-state index is 5.62. The lowest BCUT2D eigenvalue weighted by atomic mass is 10.0. The summed E-state index contributed by atoms with van der Waals surface area (Å²) in [6.45, 7) is 2.40. The Morgan fingerprint density at radius 3 is 2.25 bits per heavy atom. The van der Waals surface area contributed by atoms with Gasteiger partial charge in [0.25, 0.3) is 0 Å². The van der Waals surface area contributed by atoms with Crippen molar-refractivity contribution >= 4 is 11.6 Å². The number of nitrogens with two attached hydrogens (primary N) is 2. The quantitative estimate of drug-likeness (QED) is 0.548. The highest BCUT2D eigenvalue weighted by atomic mass is 35.5. The molecule has 4 N–H and O–H groups in total. The molecule has 1 unspecified atom stereocenters. The third kappa shape index (κ3) is 3.24. The molecule has 0 saturated carbocycles. The SMILES string of the molecule is CC(N)(CN)CCCl. The van der Waals surface area contributed by atoms with E-state index in [9.17, 15) is 0 Å². The summed E-state index contributed by atoms with van der Waals surface area (Å²) in [5, 5.41) is 0.